The van der Waals surface area contributed by atoms with Gasteiger partial charge in [-0.1, -0.05) is 12.1 Å². The van der Waals surface area contributed by atoms with E-state index in [-0.39, 0.29) is 0 Å². The van der Waals surface area contributed by atoms with E-state index in [2.05, 4.69) is 50.5 Å². The van der Waals surface area contributed by atoms with Crippen LogP contribution >= 0.6 is 0 Å². The van der Waals surface area contributed by atoms with Gasteiger partial charge in [-0.05, 0) is 80.5 Å². The Bertz CT molecular complexity index is 1380. The monoisotopic (exact) mass is 438 g/mol. The molecule has 2 aromatic carbocycles. The van der Waals surface area contributed by atoms with Crippen LogP contribution in [0.5, 0.6) is 5.75 Å². The molecular formula is C26H26N6O. The molecule has 0 saturated carbocycles. The minimum absolute atomic E-state index is 0.563. The number of rotatable bonds is 7. The molecule has 1 fully saturated rings. The molecule has 0 aliphatic carbocycles. The van der Waals surface area contributed by atoms with Crippen molar-refractivity contribution in [1.82, 2.24) is 24.5 Å². The van der Waals surface area contributed by atoms with Gasteiger partial charge in [0.1, 0.15) is 12.4 Å². The summed E-state index contributed by atoms with van der Waals surface area (Å²) in [5.41, 5.74) is 4.94. The molecule has 166 valence electrons. The van der Waals surface area contributed by atoms with E-state index in [1.165, 1.54) is 31.3 Å². The lowest BCUT2D eigenvalue weighted by Crippen LogP contribution is -2.25. The molecule has 1 aliphatic heterocycles. The fourth-order valence-electron chi connectivity index (χ4n) is 4.45. The molecule has 1 aliphatic rings. The summed E-state index contributed by atoms with van der Waals surface area (Å²) >= 11 is 0. The molecule has 7 nitrogen and oxygen atoms in total. The second-order valence-electron chi connectivity index (χ2n) is 8.44. The van der Waals surface area contributed by atoms with Crippen molar-refractivity contribution in [3.63, 3.8) is 0 Å². The van der Waals surface area contributed by atoms with Crippen molar-refractivity contribution in [2.75, 3.05) is 31.6 Å². The molecule has 33 heavy (non-hydrogen) atoms. The van der Waals surface area contributed by atoms with Crippen LogP contribution in [0.1, 0.15) is 12.8 Å². The molecule has 4 heterocycles. The third-order valence-corrected chi connectivity index (χ3v) is 6.19. The van der Waals surface area contributed by atoms with Crippen LogP contribution in [0.2, 0.25) is 0 Å². The first-order valence-corrected chi connectivity index (χ1v) is 11.5. The van der Waals surface area contributed by atoms with E-state index in [0.29, 0.717) is 5.95 Å². The first-order valence-electron chi connectivity index (χ1n) is 11.5. The quantitative estimate of drug-likeness (QED) is 0.370. The molecule has 5 aromatic rings. The number of aromatic amines is 1. The lowest BCUT2D eigenvalue weighted by Gasteiger charge is -2.15. The minimum atomic E-state index is 0.563. The van der Waals surface area contributed by atoms with Gasteiger partial charge in [-0.25, -0.2) is 4.52 Å². The van der Waals surface area contributed by atoms with Crippen molar-refractivity contribution in [2.24, 2.45) is 0 Å². The summed E-state index contributed by atoms with van der Waals surface area (Å²) < 4.78 is 7.78. The first kappa shape index (κ1) is 19.8. The minimum Gasteiger partial charge on any atom is -0.492 e. The summed E-state index contributed by atoms with van der Waals surface area (Å²) in [5.74, 6) is 1.44. The van der Waals surface area contributed by atoms with Gasteiger partial charge in [0.15, 0.2) is 5.65 Å². The Labute approximate surface area is 192 Å². The number of ether oxygens (including phenoxy) is 1. The summed E-state index contributed by atoms with van der Waals surface area (Å²) in [7, 11) is 0. The molecule has 1 saturated heterocycles. The second-order valence-corrected chi connectivity index (χ2v) is 8.44. The van der Waals surface area contributed by atoms with Crippen LogP contribution in [0, 0.1) is 0 Å². The van der Waals surface area contributed by atoms with Gasteiger partial charge in [-0.2, -0.15) is 4.98 Å². The molecule has 3 aromatic heterocycles. The molecule has 6 rings (SSSR count). The van der Waals surface area contributed by atoms with Crippen LogP contribution in [-0.2, 0) is 0 Å². The lowest BCUT2D eigenvalue weighted by atomic mass is 10.1. The zero-order chi connectivity index (χ0) is 22.0. The van der Waals surface area contributed by atoms with Crippen LogP contribution in [-0.4, -0.2) is 50.7 Å². The second kappa shape index (κ2) is 8.60. The topological polar surface area (TPSA) is 70.5 Å². The Morgan fingerprint density at radius 1 is 0.970 bits per heavy atom. The smallest absolute Gasteiger partial charge is 0.247 e. The highest BCUT2D eigenvalue weighted by molar-refractivity contribution is 5.84. The van der Waals surface area contributed by atoms with Crippen molar-refractivity contribution in [3.8, 4) is 17.0 Å². The number of anilines is 2. The first-order chi connectivity index (χ1) is 16.3. The van der Waals surface area contributed by atoms with Crippen LogP contribution in [0.15, 0.2) is 72.9 Å². The number of benzene rings is 2. The van der Waals surface area contributed by atoms with Gasteiger partial charge in [0.25, 0.3) is 0 Å². The Morgan fingerprint density at radius 2 is 1.85 bits per heavy atom. The number of nitrogens with zero attached hydrogens (tertiary/aromatic N) is 4. The normalized spacial score (nSPS) is 14.3. The lowest BCUT2D eigenvalue weighted by molar-refractivity contribution is 0.238. The molecule has 0 bridgehead atoms. The Balaban J connectivity index is 1.17. The number of likely N-dealkylation sites (tertiary alicyclic amines) is 1. The SMILES string of the molecule is c1cc(-c2ccc3[nH]ccc3c2)n2nc(Nc3ccc(OCCN4CCCC4)cc3)nc2c1. The molecule has 0 amide bonds. The molecule has 0 atom stereocenters. The fraction of sp³-hybridized carbons (Fsp3) is 0.231. The van der Waals surface area contributed by atoms with Gasteiger partial charge in [0.2, 0.25) is 5.95 Å². The Hall–Kier alpha value is -3.84. The van der Waals surface area contributed by atoms with Crippen LogP contribution in [0.25, 0.3) is 27.8 Å². The van der Waals surface area contributed by atoms with Crippen molar-refractivity contribution < 1.29 is 4.74 Å². The molecule has 7 heteroatoms. The summed E-state index contributed by atoms with van der Waals surface area (Å²) in [6, 6.07) is 22.4. The van der Waals surface area contributed by atoms with Crippen molar-refractivity contribution in [1.29, 1.82) is 0 Å². The number of hydrogen-bond donors (Lipinski definition) is 2. The predicted molar refractivity (Wildman–Crippen MR) is 131 cm³/mol. The number of pyridine rings is 1. The summed E-state index contributed by atoms with van der Waals surface area (Å²) in [5, 5.41) is 9.20. The molecule has 0 unspecified atom stereocenters. The third kappa shape index (κ3) is 4.15. The van der Waals surface area contributed by atoms with Gasteiger partial charge < -0.3 is 15.0 Å². The van der Waals surface area contributed by atoms with Gasteiger partial charge in [0, 0.05) is 34.9 Å². The Kier molecular flexibility index (Phi) is 5.16. The van der Waals surface area contributed by atoms with Gasteiger partial charge in [-0.15, -0.1) is 5.10 Å². The maximum Gasteiger partial charge on any atom is 0.247 e. The van der Waals surface area contributed by atoms with Crippen LogP contribution in [0.3, 0.4) is 0 Å². The third-order valence-electron chi connectivity index (χ3n) is 6.19. The molecular weight excluding hydrogens is 412 g/mol. The van der Waals surface area contributed by atoms with Gasteiger partial charge >= 0.3 is 0 Å². The van der Waals surface area contributed by atoms with Crippen molar-refractivity contribution in [2.45, 2.75) is 12.8 Å². The van der Waals surface area contributed by atoms with Gasteiger partial charge in [0.05, 0.1) is 5.69 Å². The van der Waals surface area contributed by atoms with E-state index in [4.69, 9.17) is 9.84 Å². The fourth-order valence-corrected chi connectivity index (χ4v) is 4.45. The maximum absolute atomic E-state index is 5.90. The Morgan fingerprint density at radius 3 is 2.73 bits per heavy atom. The highest BCUT2D eigenvalue weighted by Crippen LogP contribution is 2.26. The number of fused-ring (bicyclic) bond motifs is 2. The van der Waals surface area contributed by atoms with Crippen LogP contribution in [0.4, 0.5) is 11.6 Å². The van der Waals surface area contributed by atoms with E-state index < -0.39 is 0 Å². The molecule has 0 radical (unpaired) electrons. The van der Waals surface area contributed by atoms with E-state index >= 15 is 0 Å². The average molecular weight is 439 g/mol. The number of nitrogens with one attached hydrogen (secondary N) is 2. The number of aromatic nitrogens is 4. The standard InChI is InChI=1S/C26H26N6O/c1-2-15-31(14-1)16-17-33-22-9-7-21(8-10-22)28-26-29-25-5-3-4-24(32(25)30-26)20-6-11-23-19(18-20)12-13-27-23/h3-13,18,27H,1-2,14-17H2,(H,28,30). The maximum atomic E-state index is 5.90. The van der Waals surface area contributed by atoms with Gasteiger partial charge in [-0.3, -0.25) is 4.90 Å². The van der Waals surface area contributed by atoms with E-state index in [0.717, 1.165) is 47.0 Å². The zero-order valence-corrected chi connectivity index (χ0v) is 18.4. The summed E-state index contributed by atoms with van der Waals surface area (Å²) in [6.07, 6.45) is 4.57. The highest BCUT2D eigenvalue weighted by Gasteiger charge is 2.12. The van der Waals surface area contributed by atoms with E-state index in [1.807, 2.05) is 47.1 Å². The zero-order valence-electron chi connectivity index (χ0n) is 18.4. The van der Waals surface area contributed by atoms with E-state index in [1.54, 1.807) is 0 Å². The summed E-state index contributed by atoms with van der Waals surface area (Å²) in [6.45, 7) is 4.10. The largest absolute Gasteiger partial charge is 0.492 e. The van der Waals surface area contributed by atoms with Crippen molar-refractivity contribution >= 4 is 28.2 Å². The molecule has 0 spiro atoms. The molecule has 2 N–H and O–H groups in total. The number of H-pyrrole nitrogens is 1. The average Bonchev–Trinajstić information content (AvgIpc) is 3.60. The predicted octanol–water partition coefficient (Wildman–Crippen LogP) is 5.10. The van der Waals surface area contributed by atoms with E-state index in [9.17, 15) is 0 Å². The highest BCUT2D eigenvalue weighted by atomic mass is 16.5. The summed E-state index contributed by atoms with van der Waals surface area (Å²) in [4.78, 5) is 10.4. The van der Waals surface area contributed by atoms with Crippen LogP contribution < -0.4 is 10.1 Å². The van der Waals surface area contributed by atoms with Crippen molar-refractivity contribution in [3.05, 3.63) is 72.9 Å². The number of hydrogen-bond acceptors (Lipinski definition) is 5.